The minimum atomic E-state index is 0. The first-order valence-electron chi connectivity index (χ1n) is 2.85. The number of nitrogens with one attached hydrogen (secondary N) is 1. The van der Waals surface area contributed by atoms with Crippen LogP contribution in [0.1, 0.15) is 22.2 Å². The van der Waals surface area contributed by atoms with E-state index in [-0.39, 0.29) is 7.21 Å². The van der Waals surface area contributed by atoms with Gasteiger partial charge in [0.2, 0.25) is 0 Å². The predicted molar refractivity (Wildman–Crippen MR) is 35.9 cm³/mol. The molecule has 0 aromatic rings. The van der Waals surface area contributed by atoms with Crippen LogP contribution in [0.15, 0.2) is 0 Å². The van der Waals surface area contributed by atoms with E-state index in [1.54, 1.807) is 6.92 Å². The fourth-order valence-electron chi connectivity index (χ4n) is 0.348. The maximum absolute atomic E-state index is 10.3. The zero-order valence-electron chi connectivity index (χ0n) is 5.69. The molecule has 0 saturated heterocycles. The molecule has 50 valence electrons. The highest BCUT2D eigenvalue weighted by Crippen LogP contribution is 1.74. The van der Waals surface area contributed by atoms with Gasteiger partial charge in [-0.1, -0.05) is 13.8 Å². The Kier molecular flexibility index (Phi) is 3.44. The van der Waals surface area contributed by atoms with E-state index in [9.17, 15) is 4.79 Å². The summed E-state index contributed by atoms with van der Waals surface area (Å²) >= 11 is 0. The average Bonchev–Trinajstić information content (AvgIpc) is 1.61. The number of carbonyl (C=O) groups excluding carboxylic acids is 1. The fraction of sp³-hybridized carbons (Fsp3) is 0.833. The van der Waals surface area contributed by atoms with Crippen molar-refractivity contribution < 1.29 is 6.22 Å². The summed E-state index contributed by atoms with van der Waals surface area (Å²) in [4.78, 5) is 10.3. The van der Waals surface area contributed by atoms with Gasteiger partial charge in [-0.3, -0.25) is 4.79 Å². The molecular weight excluding hydrogens is 102 g/mol. The van der Waals surface area contributed by atoms with Gasteiger partial charge in [0, 0.05) is 7.47 Å². The number of hydrogen-bond donors (Lipinski definition) is 1. The second-order valence-electron chi connectivity index (χ2n) is 2.24. The highest BCUT2D eigenvalue weighted by atomic mass is 16.1. The highest BCUT2D eigenvalue weighted by molar-refractivity contribution is 5.77. The van der Waals surface area contributed by atoms with Crippen molar-refractivity contribution in [3.05, 3.63) is 0 Å². The molecule has 0 heterocycles. The van der Waals surface area contributed by atoms with E-state index in [1.165, 1.54) is 0 Å². The topological polar surface area (TPSA) is 29.1 Å². The molecule has 0 atom stereocenters. The van der Waals surface area contributed by atoms with Crippen molar-refractivity contribution in [2.45, 2.75) is 26.8 Å². The summed E-state index contributed by atoms with van der Waals surface area (Å²) in [6.07, 6.45) is 0. The Bertz CT molecular complexity index is 83.1. The van der Waals surface area contributed by atoms with Crippen LogP contribution in [-0.2, 0) is 4.79 Å². The van der Waals surface area contributed by atoms with Crippen molar-refractivity contribution in [3.63, 3.8) is 0 Å². The molecule has 0 aliphatic rings. The van der Waals surface area contributed by atoms with E-state index in [1.807, 2.05) is 13.8 Å². The monoisotopic (exact) mass is 117 g/mol. The Morgan fingerprint density at radius 2 is 2.25 bits per heavy atom. The molecule has 0 rings (SSSR count). The number of carbonyl (C=O) groups is 1. The van der Waals surface area contributed by atoms with Crippen LogP contribution in [0.25, 0.3) is 0 Å². The smallest absolute Gasteiger partial charge is 0.143 e. The Morgan fingerprint density at radius 3 is 2.38 bits per heavy atom. The lowest BCUT2D eigenvalue weighted by Crippen LogP contribution is -2.27. The molecule has 0 unspecified atom stereocenters. The zero-order chi connectivity index (χ0) is 6.57. The molecule has 0 aliphatic heterocycles. The van der Waals surface area contributed by atoms with E-state index < -0.39 is 0 Å². The zero-order valence-corrected chi connectivity index (χ0v) is 5.69. The molecule has 0 radical (unpaired) electrons. The van der Waals surface area contributed by atoms with E-state index in [0.29, 0.717) is 12.6 Å². The molecule has 0 fully saturated rings. The summed E-state index contributed by atoms with van der Waals surface area (Å²) in [7, 11) is 0. The van der Waals surface area contributed by atoms with Gasteiger partial charge in [0.25, 0.3) is 0 Å². The first-order chi connectivity index (χ1) is 3.63. The van der Waals surface area contributed by atoms with Gasteiger partial charge in [-0.25, -0.2) is 0 Å². The van der Waals surface area contributed by atoms with Crippen molar-refractivity contribution >= 4 is 5.78 Å². The van der Waals surface area contributed by atoms with Gasteiger partial charge < -0.3 is 5.32 Å². The first-order valence-corrected chi connectivity index (χ1v) is 2.85. The summed E-state index contributed by atoms with van der Waals surface area (Å²) in [6, 6.07) is 0.416. The third-order valence-electron chi connectivity index (χ3n) is 0.759. The fourth-order valence-corrected chi connectivity index (χ4v) is 0.348. The first kappa shape index (κ1) is 7.63. The van der Waals surface area contributed by atoms with E-state index in [4.69, 9.17) is 0 Å². The van der Waals surface area contributed by atoms with Gasteiger partial charge in [-0.2, -0.15) is 0 Å². The number of rotatable bonds is 3. The molecular formula is C6H15NO. The molecule has 0 aliphatic carbocycles. The Hall–Kier alpha value is -0.370. The van der Waals surface area contributed by atoms with Crippen LogP contribution in [0, 0.1) is 0 Å². The van der Waals surface area contributed by atoms with Gasteiger partial charge in [-0.05, 0) is 6.92 Å². The van der Waals surface area contributed by atoms with Crippen molar-refractivity contribution in [2.75, 3.05) is 6.54 Å². The van der Waals surface area contributed by atoms with Crippen LogP contribution in [0.3, 0.4) is 0 Å². The van der Waals surface area contributed by atoms with E-state index in [2.05, 4.69) is 5.32 Å². The van der Waals surface area contributed by atoms with Crippen LogP contribution in [-0.4, -0.2) is 18.4 Å². The highest BCUT2D eigenvalue weighted by Gasteiger charge is 1.92. The van der Waals surface area contributed by atoms with Gasteiger partial charge >= 0.3 is 0 Å². The summed E-state index contributed by atoms with van der Waals surface area (Å²) in [5.74, 6) is 0.193. The minimum Gasteiger partial charge on any atom is -0.308 e. The minimum absolute atomic E-state index is 0. The molecule has 0 aromatic heterocycles. The molecule has 8 heavy (non-hydrogen) atoms. The Balaban J connectivity index is 0. The summed E-state index contributed by atoms with van der Waals surface area (Å²) in [5.41, 5.74) is 0. The van der Waals surface area contributed by atoms with Crippen LogP contribution < -0.4 is 5.32 Å². The summed E-state index contributed by atoms with van der Waals surface area (Å²) in [6.45, 7) is 6.11. The molecule has 0 saturated carbocycles. The number of Topliss-reactive ketones (excluding diaryl/α,β-unsaturated/α-hetero) is 1. The largest absolute Gasteiger partial charge is 0.308 e. The van der Waals surface area contributed by atoms with Crippen molar-refractivity contribution in [3.8, 4) is 0 Å². The maximum Gasteiger partial charge on any atom is 0.143 e. The van der Waals surface area contributed by atoms with Crippen LogP contribution in [0.2, 0.25) is 0 Å². The lowest BCUT2D eigenvalue weighted by Gasteiger charge is -2.03. The van der Waals surface area contributed by atoms with Gasteiger partial charge in [0.05, 0.1) is 6.54 Å². The molecule has 0 bridgehead atoms. The second kappa shape index (κ2) is 3.61. The molecule has 0 spiro atoms. The number of hydrogen-bond acceptors (Lipinski definition) is 2. The third kappa shape index (κ3) is 5.63. The molecule has 0 aromatic carbocycles. The second-order valence-corrected chi connectivity index (χ2v) is 2.24. The standard InChI is InChI=1S/C6H13NO.H2/c1-5(2)7-4-6(3)8;/h5,7H,4H2,1-3H3;1H. The quantitative estimate of drug-likeness (QED) is 0.593. The SMILES string of the molecule is CC(=O)CNC(C)C.[HH]. The Labute approximate surface area is 51.8 Å². The van der Waals surface area contributed by atoms with Crippen LogP contribution in [0.5, 0.6) is 0 Å². The maximum atomic E-state index is 10.3. The van der Waals surface area contributed by atoms with Crippen LogP contribution >= 0.6 is 0 Å². The lowest BCUT2D eigenvalue weighted by molar-refractivity contribution is -0.116. The third-order valence-corrected chi connectivity index (χ3v) is 0.759. The molecule has 2 heteroatoms. The van der Waals surface area contributed by atoms with Crippen molar-refractivity contribution in [1.82, 2.24) is 5.32 Å². The van der Waals surface area contributed by atoms with E-state index >= 15 is 0 Å². The van der Waals surface area contributed by atoms with Crippen LogP contribution in [0.4, 0.5) is 0 Å². The number of ketones is 1. The Morgan fingerprint density at radius 1 is 1.75 bits per heavy atom. The summed E-state index contributed by atoms with van der Waals surface area (Å²) < 4.78 is 0. The molecule has 1 N–H and O–H groups in total. The molecule has 2 nitrogen and oxygen atoms in total. The van der Waals surface area contributed by atoms with Gasteiger partial charge in [0.1, 0.15) is 5.78 Å². The summed E-state index contributed by atoms with van der Waals surface area (Å²) in [5, 5.41) is 3.00. The van der Waals surface area contributed by atoms with E-state index in [0.717, 1.165) is 0 Å². The van der Waals surface area contributed by atoms with Gasteiger partial charge in [-0.15, -0.1) is 0 Å². The average molecular weight is 117 g/mol. The predicted octanol–water partition coefficient (Wildman–Crippen LogP) is 0.819. The van der Waals surface area contributed by atoms with Crippen molar-refractivity contribution in [1.29, 1.82) is 0 Å². The van der Waals surface area contributed by atoms with Gasteiger partial charge in [0.15, 0.2) is 0 Å². The van der Waals surface area contributed by atoms with Crippen molar-refractivity contribution in [2.24, 2.45) is 0 Å². The normalized spacial score (nSPS) is 10.0. The molecule has 0 amide bonds. The lowest BCUT2D eigenvalue weighted by atomic mass is 10.3.